The second kappa shape index (κ2) is 12.6. The van der Waals surface area contributed by atoms with Crippen molar-refractivity contribution >= 4 is 17.8 Å². The first-order valence-electron chi connectivity index (χ1n) is 12.4. The van der Waals surface area contributed by atoms with Gasteiger partial charge >= 0.3 is 0 Å². The molecule has 2 rings (SSSR count). The van der Waals surface area contributed by atoms with E-state index in [1.165, 1.54) is 11.3 Å². The van der Waals surface area contributed by atoms with Crippen LogP contribution in [0.25, 0.3) is 0 Å². The van der Waals surface area contributed by atoms with Crippen LogP contribution in [-0.2, 0) is 10.2 Å². The molecule has 1 amide bonds. The predicted molar refractivity (Wildman–Crippen MR) is 144 cm³/mol. The number of amides is 1. The molecular weight excluding hydrogens is 422 g/mol. The van der Waals surface area contributed by atoms with Gasteiger partial charge in [-0.15, -0.1) is 0 Å². The van der Waals surface area contributed by atoms with Crippen LogP contribution in [0.15, 0.2) is 53.6 Å². The van der Waals surface area contributed by atoms with Crippen LogP contribution in [0.4, 0.5) is 5.69 Å². The number of hydrogen-bond donors (Lipinski definition) is 1. The minimum atomic E-state index is -0.290. The van der Waals surface area contributed by atoms with Gasteiger partial charge in [0.05, 0.1) is 6.21 Å². The van der Waals surface area contributed by atoms with Crippen LogP contribution in [-0.4, -0.2) is 31.8 Å². The summed E-state index contributed by atoms with van der Waals surface area (Å²) in [7, 11) is 0. The van der Waals surface area contributed by atoms with E-state index in [1.807, 2.05) is 24.3 Å². The Labute approximate surface area is 206 Å². The quantitative estimate of drug-likeness (QED) is 0.285. The summed E-state index contributed by atoms with van der Waals surface area (Å²) in [5, 5.41) is 4.06. The minimum absolute atomic E-state index is 0.0748. The number of hydrogen-bond acceptors (Lipinski definition) is 4. The normalized spacial score (nSPS) is 12.1. The van der Waals surface area contributed by atoms with Crippen LogP contribution in [0.3, 0.4) is 0 Å². The van der Waals surface area contributed by atoms with Gasteiger partial charge in [-0.3, -0.25) is 4.79 Å². The molecule has 186 valence electrons. The van der Waals surface area contributed by atoms with Crippen molar-refractivity contribution in [3.8, 4) is 5.75 Å². The third-order valence-electron chi connectivity index (χ3n) is 5.63. The van der Waals surface area contributed by atoms with Crippen molar-refractivity contribution in [2.75, 3.05) is 24.6 Å². The van der Waals surface area contributed by atoms with Gasteiger partial charge < -0.3 is 9.64 Å². The van der Waals surface area contributed by atoms with Crippen molar-refractivity contribution in [3.63, 3.8) is 0 Å². The Morgan fingerprint density at radius 1 is 0.941 bits per heavy atom. The van der Waals surface area contributed by atoms with Crippen molar-refractivity contribution in [1.29, 1.82) is 0 Å². The van der Waals surface area contributed by atoms with E-state index in [2.05, 4.69) is 88.2 Å². The van der Waals surface area contributed by atoms with Crippen LogP contribution < -0.4 is 15.1 Å². The van der Waals surface area contributed by atoms with Crippen LogP contribution in [0.2, 0.25) is 0 Å². The van der Waals surface area contributed by atoms with Crippen molar-refractivity contribution in [2.45, 2.75) is 73.1 Å². The fourth-order valence-electron chi connectivity index (χ4n) is 4.47. The molecule has 0 aliphatic heterocycles. The average Bonchev–Trinajstić information content (AvgIpc) is 2.77. The van der Waals surface area contributed by atoms with Crippen LogP contribution >= 0.6 is 0 Å². The van der Waals surface area contributed by atoms with Gasteiger partial charge in [0.2, 0.25) is 0 Å². The third-order valence-corrected chi connectivity index (χ3v) is 5.63. The highest BCUT2D eigenvalue weighted by molar-refractivity contribution is 5.83. The molecule has 2 aromatic carbocycles. The molecule has 34 heavy (non-hydrogen) atoms. The molecule has 0 fully saturated rings. The first-order valence-corrected chi connectivity index (χ1v) is 12.4. The smallest absolute Gasteiger partial charge is 0.277 e. The number of rotatable bonds is 12. The highest BCUT2D eigenvalue weighted by Gasteiger charge is 2.27. The molecule has 0 radical (unpaired) electrons. The number of anilines is 1. The second-order valence-corrected chi connectivity index (χ2v) is 10.8. The Kier molecular flexibility index (Phi) is 10.2. The number of carbonyl (C=O) groups is 1. The molecule has 0 aliphatic carbocycles. The van der Waals surface area contributed by atoms with Crippen LogP contribution in [0.5, 0.6) is 5.75 Å². The van der Waals surface area contributed by atoms with E-state index in [4.69, 9.17) is 4.74 Å². The number of nitrogens with zero attached hydrogens (tertiary/aromatic N) is 2. The molecule has 0 bridgehead atoms. The van der Waals surface area contributed by atoms with Crippen LogP contribution in [0, 0.1) is 5.41 Å². The molecule has 5 nitrogen and oxygen atoms in total. The van der Waals surface area contributed by atoms with Crippen molar-refractivity contribution < 1.29 is 9.53 Å². The molecule has 0 spiro atoms. The highest BCUT2D eigenvalue weighted by Crippen LogP contribution is 2.36. The minimum Gasteiger partial charge on any atom is -0.484 e. The maximum atomic E-state index is 12.1. The largest absolute Gasteiger partial charge is 0.484 e. The number of benzene rings is 2. The molecule has 0 heterocycles. The average molecular weight is 466 g/mol. The van der Waals surface area contributed by atoms with E-state index in [-0.39, 0.29) is 23.3 Å². The van der Waals surface area contributed by atoms with Gasteiger partial charge in [-0.2, -0.15) is 5.10 Å². The molecule has 0 aromatic heterocycles. The Bertz CT molecular complexity index is 904. The molecule has 0 saturated heterocycles. The first-order chi connectivity index (χ1) is 16.0. The topological polar surface area (TPSA) is 53.9 Å². The highest BCUT2D eigenvalue weighted by atomic mass is 16.5. The fraction of sp³-hybridized carbons (Fsp3) is 0.517. The van der Waals surface area contributed by atoms with Gasteiger partial charge in [-0.1, -0.05) is 72.7 Å². The summed E-state index contributed by atoms with van der Waals surface area (Å²) in [6, 6.07) is 16.3. The Balaban J connectivity index is 1.83. The zero-order valence-corrected chi connectivity index (χ0v) is 22.1. The summed E-state index contributed by atoms with van der Waals surface area (Å²) >= 11 is 0. The van der Waals surface area contributed by atoms with Crippen molar-refractivity contribution in [2.24, 2.45) is 10.5 Å². The fourth-order valence-corrected chi connectivity index (χ4v) is 4.47. The molecule has 0 unspecified atom stereocenters. The lowest BCUT2D eigenvalue weighted by molar-refractivity contribution is -0.123. The number of ether oxygens (including phenoxy) is 1. The monoisotopic (exact) mass is 465 g/mol. The molecule has 0 atom stereocenters. The summed E-state index contributed by atoms with van der Waals surface area (Å²) in [4.78, 5) is 14.5. The Hall–Kier alpha value is -2.82. The van der Waals surface area contributed by atoms with Crippen LogP contribution in [0.1, 0.15) is 78.9 Å². The molecule has 0 aliphatic rings. The molecule has 1 N–H and O–H groups in total. The lowest BCUT2D eigenvalue weighted by atomic mass is 9.72. The summed E-state index contributed by atoms with van der Waals surface area (Å²) in [5.41, 5.74) is 6.28. The second-order valence-electron chi connectivity index (χ2n) is 10.8. The number of nitrogens with one attached hydrogen (secondary N) is 1. The number of carbonyl (C=O) groups excluding carboxylic acids is 1. The lowest BCUT2D eigenvalue weighted by Crippen LogP contribution is -2.25. The van der Waals surface area contributed by atoms with E-state index in [0.29, 0.717) is 5.75 Å². The zero-order valence-electron chi connectivity index (χ0n) is 22.1. The first kappa shape index (κ1) is 27.4. The van der Waals surface area contributed by atoms with E-state index in [9.17, 15) is 4.79 Å². The number of hydrazone groups is 1. The van der Waals surface area contributed by atoms with E-state index in [1.54, 1.807) is 6.21 Å². The summed E-state index contributed by atoms with van der Waals surface area (Å²) in [6.07, 6.45) is 4.98. The maximum absolute atomic E-state index is 12.1. The predicted octanol–water partition coefficient (Wildman–Crippen LogP) is 6.56. The SMILES string of the molecule is CCCN(CCC)c1ccc(/C=N\NC(=O)COc2ccc(C(C)(C)CC(C)(C)C)cc2)cc1. The molecule has 5 heteroatoms. The van der Waals surface area contributed by atoms with Crippen molar-refractivity contribution in [3.05, 3.63) is 59.7 Å². The van der Waals surface area contributed by atoms with E-state index in [0.717, 1.165) is 37.9 Å². The lowest BCUT2D eigenvalue weighted by Gasteiger charge is -2.33. The standard InChI is InChI=1S/C29H43N3O2/c1-8-18-32(19-9-2)25-14-10-23(11-15-25)20-30-31-27(33)21-34-26-16-12-24(13-17-26)29(6,7)22-28(3,4)5/h10-17,20H,8-9,18-19,21-22H2,1-7H3,(H,31,33)/b30-20-. The van der Waals surface area contributed by atoms with Gasteiger partial charge in [0.25, 0.3) is 5.91 Å². The van der Waals surface area contributed by atoms with Gasteiger partial charge in [0.1, 0.15) is 5.75 Å². The van der Waals surface area contributed by atoms with Gasteiger partial charge in [0.15, 0.2) is 6.61 Å². The van der Waals surface area contributed by atoms with E-state index >= 15 is 0 Å². The van der Waals surface area contributed by atoms with E-state index < -0.39 is 0 Å². The summed E-state index contributed by atoms with van der Waals surface area (Å²) in [5.74, 6) is 0.385. The molecule has 0 saturated carbocycles. The van der Waals surface area contributed by atoms with Gasteiger partial charge in [-0.25, -0.2) is 5.43 Å². The van der Waals surface area contributed by atoms with Gasteiger partial charge in [0, 0.05) is 18.8 Å². The Morgan fingerprint density at radius 2 is 1.53 bits per heavy atom. The molecule has 2 aromatic rings. The Morgan fingerprint density at radius 3 is 2.06 bits per heavy atom. The summed E-state index contributed by atoms with van der Waals surface area (Å²) in [6.45, 7) is 17.7. The third kappa shape index (κ3) is 9.20. The van der Waals surface area contributed by atoms with Crippen molar-refractivity contribution in [1.82, 2.24) is 5.43 Å². The molecular formula is C29H43N3O2. The summed E-state index contributed by atoms with van der Waals surface area (Å²) < 4.78 is 5.64. The van der Waals surface area contributed by atoms with Gasteiger partial charge in [-0.05, 0) is 65.5 Å². The maximum Gasteiger partial charge on any atom is 0.277 e. The zero-order chi connectivity index (χ0) is 25.2.